The van der Waals surface area contributed by atoms with Gasteiger partial charge < -0.3 is 5.32 Å². The Hall–Kier alpha value is -0.390. The van der Waals surface area contributed by atoms with E-state index in [2.05, 4.69) is 34.8 Å². The van der Waals surface area contributed by atoms with Crippen LogP contribution < -0.4 is 5.32 Å². The van der Waals surface area contributed by atoms with Gasteiger partial charge >= 0.3 is 0 Å². The zero-order chi connectivity index (χ0) is 13.0. The zero-order valence-electron chi connectivity index (χ0n) is 11.3. The van der Waals surface area contributed by atoms with Crippen molar-refractivity contribution in [2.75, 3.05) is 12.4 Å². The maximum Gasteiger partial charge on any atom is 0.143 e. The number of halogens is 1. The minimum absolute atomic E-state index is 0.571. The Labute approximate surface area is 123 Å². The number of aromatic nitrogens is 2. The number of aryl methyl sites for hydroxylation is 1. The second-order valence-electron chi connectivity index (χ2n) is 4.98. The number of rotatable bonds is 3. The molecule has 0 saturated heterocycles. The maximum absolute atomic E-state index is 4.81. The topological polar surface area (TPSA) is 37.8 Å². The summed E-state index contributed by atoms with van der Waals surface area (Å²) in [6, 6.07) is 0. The SMILES string of the molecule is CCc1nc(C2CCCCCC2)nc(NC)c1I. The van der Waals surface area contributed by atoms with E-state index in [9.17, 15) is 0 Å². The summed E-state index contributed by atoms with van der Waals surface area (Å²) in [6.07, 6.45) is 8.91. The predicted molar refractivity (Wildman–Crippen MR) is 84.1 cm³/mol. The lowest BCUT2D eigenvalue weighted by molar-refractivity contribution is 0.557. The highest BCUT2D eigenvalue weighted by Crippen LogP contribution is 2.31. The molecule has 0 aliphatic heterocycles. The van der Waals surface area contributed by atoms with Gasteiger partial charge in [0.1, 0.15) is 11.6 Å². The number of nitrogens with one attached hydrogen (secondary N) is 1. The highest BCUT2D eigenvalue weighted by Gasteiger charge is 2.19. The second-order valence-corrected chi connectivity index (χ2v) is 6.06. The first kappa shape index (κ1) is 14.0. The average molecular weight is 359 g/mol. The average Bonchev–Trinajstić information content (AvgIpc) is 2.68. The van der Waals surface area contributed by atoms with Crippen LogP contribution >= 0.6 is 22.6 Å². The van der Waals surface area contributed by atoms with Gasteiger partial charge in [0.05, 0.1) is 9.26 Å². The second kappa shape index (κ2) is 6.68. The summed E-state index contributed by atoms with van der Waals surface area (Å²) in [5, 5.41) is 3.21. The van der Waals surface area contributed by atoms with Gasteiger partial charge in [-0.2, -0.15) is 0 Å². The van der Waals surface area contributed by atoms with Crippen LogP contribution in [0.15, 0.2) is 0 Å². The van der Waals surface area contributed by atoms with Gasteiger partial charge in [0.25, 0.3) is 0 Å². The van der Waals surface area contributed by atoms with E-state index in [1.807, 2.05) is 7.05 Å². The molecule has 1 aromatic rings. The Kier molecular flexibility index (Phi) is 5.21. The molecule has 1 N–H and O–H groups in total. The number of hydrogen-bond acceptors (Lipinski definition) is 3. The molecule has 2 rings (SSSR count). The molecule has 1 saturated carbocycles. The van der Waals surface area contributed by atoms with Crippen LogP contribution in [0.3, 0.4) is 0 Å². The highest BCUT2D eigenvalue weighted by atomic mass is 127. The molecular formula is C14H22IN3. The highest BCUT2D eigenvalue weighted by molar-refractivity contribution is 14.1. The lowest BCUT2D eigenvalue weighted by atomic mass is 9.99. The van der Waals surface area contributed by atoms with Crippen molar-refractivity contribution in [1.29, 1.82) is 0 Å². The minimum Gasteiger partial charge on any atom is -0.372 e. The number of anilines is 1. The molecule has 1 fully saturated rings. The molecule has 1 aliphatic rings. The van der Waals surface area contributed by atoms with Crippen molar-refractivity contribution in [1.82, 2.24) is 9.97 Å². The van der Waals surface area contributed by atoms with E-state index in [0.29, 0.717) is 5.92 Å². The summed E-state index contributed by atoms with van der Waals surface area (Å²) in [5.41, 5.74) is 1.19. The van der Waals surface area contributed by atoms with Gasteiger partial charge in [-0.1, -0.05) is 32.6 Å². The molecule has 0 amide bonds. The van der Waals surface area contributed by atoms with Gasteiger partial charge in [-0.3, -0.25) is 0 Å². The smallest absolute Gasteiger partial charge is 0.143 e. The fraction of sp³-hybridized carbons (Fsp3) is 0.714. The Balaban J connectivity index is 2.31. The lowest BCUT2D eigenvalue weighted by Crippen LogP contribution is -2.10. The molecule has 0 unspecified atom stereocenters. The standard InChI is InChI=1S/C14H22IN3/c1-3-11-12(15)14(16-2)18-13(17-11)10-8-6-4-5-7-9-10/h10H,3-9H2,1-2H3,(H,16,17,18). The van der Waals surface area contributed by atoms with E-state index in [4.69, 9.17) is 9.97 Å². The largest absolute Gasteiger partial charge is 0.372 e. The summed E-state index contributed by atoms with van der Waals surface area (Å²) in [4.78, 5) is 9.54. The molecule has 0 radical (unpaired) electrons. The summed E-state index contributed by atoms with van der Waals surface area (Å²) >= 11 is 2.35. The van der Waals surface area contributed by atoms with Crippen LogP contribution in [0.1, 0.15) is 62.9 Å². The third-order valence-electron chi connectivity index (χ3n) is 3.73. The van der Waals surface area contributed by atoms with Crippen LogP contribution in [0.4, 0.5) is 5.82 Å². The van der Waals surface area contributed by atoms with E-state index in [-0.39, 0.29) is 0 Å². The van der Waals surface area contributed by atoms with Crippen molar-refractivity contribution >= 4 is 28.4 Å². The molecular weight excluding hydrogens is 337 g/mol. The maximum atomic E-state index is 4.81. The van der Waals surface area contributed by atoms with Gasteiger partial charge in [-0.25, -0.2) is 9.97 Å². The molecule has 18 heavy (non-hydrogen) atoms. The summed E-state index contributed by atoms with van der Waals surface area (Å²) in [7, 11) is 1.95. The van der Waals surface area contributed by atoms with E-state index in [1.165, 1.54) is 47.8 Å². The monoisotopic (exact) mass is 359 g/mol. The van der Waals surface area contributed by atoms with Crippen molar-refractivity contribution in [3.8, 4) is 0 Å². The van der Waals surface area contributed by atoms with Gasteiger partial charge in [-0.15, -0.1) is 0 Å². The van der Waals surface area contributed by atoms with Crippen LogP contribution in [0.2, 0.25) is 0 Å². The summed E-state index contributed by atoms with van der Waals surface area (Å²) in [5.74, 6) is 2.64. The van der Waals surface area contributed by atoms with Gasteiger partial charge in [-0.05, 0) is 41.9 Å². The van der Waals surface area contributed by atoms with E-state index >= 15 is 0 Å². The van der Waals surface area contributed by atoms with Gasteiger partial charge in [0.2, 0.25) is 0 Å². The van der Waals surface area contributed by atoms with Gasteiger partial charge in [0, 0.05) is 13.0 Å². The predicted octanol–water partition coefficient (Wildman–Crippen LogP) is 4.12. The third kappa shape index (κ3) is 3.13. The molecule has 4 heteroatoms. The molecule has 0 atom stereocenters. The van der Waals surface area contributed by atoms with Gasteiger partial charge in [0.15, 0.2) is 0 Å². The Morgan fingerprint density at radius 3 is 2.39 bits per heavy atom. The first-order valence-corrected chi connectivity index (χ1v) is 8.08. The van der Waals surface area contributed by atoms with E-state index < -0.39 is 0 Å². The van der Waals surface area contributed by atoms with Crippen molar-refractivity contribution in [3.05, 3.63) is 15.1 Å². The van der Waals surface area contributed by atoms with E-state index in [1.54, 1.807) is 0 Å². The molecule has 0 aromatic carbocycles. The molecule has 100 valence electrons. The van der Waals surface area contributed by atoms with Crippen LogP contribution in [0.25, 0.3) is 0 Å². The van der Waals surface area contributed by atoms with Crippen LogP contribution in [0, 0.1) is 3.57 Å². The minimum atomic E-state index is 0.571. The Bertz CT molecular complexity index is 373. The fourth-order valence-corrected chi connectivity index (χ4v) is 3.53. The first-order valence-electron chi connectivity index (χ1n) is 7.00. The zero-order valence-corrected chi connectivity index (χ0v) is 13.5. The van der Waals surface area contributed by atoms with Crippen molar-refractivity contribution in [3.63, 3.8) is 0 Å². The summed E-state index contributed by atoms with van der Waals surface area (Å²) in [6.45, 7) is 2.17. The van der Waals surface area contributed by atoms with Crippen molar-refractivity contribution in [2.24, 2.45) is 0 Å². The Morgan fingerprint density at radius 2 is 1.83 bits per heavy atom. The normalized spacial score (nSPS) is 17.5. The number of nitrogens with zero attached hydrogens (tertiary/aromatic N) is 2. The lowest BCUT2D eigenvalue weighted by Gasteiger charge is -2.16. The Morgan fingerprint density at radius 1 is 1.17 bits per heavy atom. The molecule has 0 bridgehead atoms. The molecule has 1 aromatic heterocycles. The van der Waals surface area contributed by atoms with Crippen molar-refractivity contribution in [2.45, 2.75) is 57.8 Å². The van der Waals surface area contributed by atoms with E-state index in [0.717, 1.165) is 18.1 Å². The summed E-state index contributed by atoms with van der Waals surface area (Å²) < 4.78 is 1.18. The van der Waals surface area contributed by atoms with Crippen molar-refractivity contribution < 1.29 is 0 Å². The number of hydrogen-bond donors (Lipinski definition) is 1. The molecule has 1 heterocycles. The molecule has 3 nitrogen and oxygen atoms in total. The van der Waals surface area contributed by atoms with Crippen LogP contribution in [-0.4, -0.2) is 17.0 Å². The van der Waals surface area contributed by atoms with Crippen LogP contribution in [-0.2, 0) is 6.42 Å². The first-order chi connectivity index (χ1) is 8.76. The molecule has 1 aliphatic carbocycles. The quantitative estimate of drug-likeness (QED) is 0.652. The third-order valence-corrected chi connectivity index (χ3v) is 4.86. The fourth-order valence-electron chi connectivity index (χ4n) is 2.63. The van der Waals surface area contributed by atoms with Crippen LogP contribution in [0.5, 0.6) is 0 Å². The molecule has 0 spiro atoms.